The first kappa shape index (κ1) is 10.3. The van der Waals surface area contributed by atoms with E-state index < -0.39 is 6.36 Å². The van der Waals surface area contributed by atoms with Crippen molar-refractivity contribution in [2.45, 2.75) is 32.2 Å². The lowest BCUT2D eigenvalue weighted by Gasteiger charge is -2.26. The molecule has 5 heteroatoms. The van der Waals surface area contributed by atoms with Gasteiger partial charge >= 0.3 is 0 Å². The molecule has 1 fully saturated rings. The second-order valence-corrected chi connectivity index (χ2v) is 3.67. The van der Waals surface area contributed by atoms with Crippen LogP contribution >= 0.6 is 0 Å². The largest absolute Gasteiger partial charge is 0.360 e. The van der Waals surface area contributed by atoms with Crippen molar-refractivity contribution in [1.82, 2.24) is 10.2 Å². The van der Waals surface area contributed by atoms with E-state index in [0.717, 1.165) is 18.5 Å². The lowest BCUT2D eigenvalue weighted by Crippen LogP contribution is -2.37. The Kier molecular flexibility index (Phi) is 3.11. The number of anilines is 1. The van der Waals surface area contributed by atoms with Crippen molar-refractivity contribution in [3.05, 3.63) is 17.8 Å². The van der Waals surface area contributed by atoms with E-state index in [1.54, 1.807) is 6.07 Å². The SMILES string of the molecule is Cc1ccc(NC2CCCOC2F)nn1. The van der Waals surface area contributed by atoms with Crippen molar-refractivity contribution < 1.29 is 9.13 Å². The third kappa shape index (κ3) is 2.62. The standard InChI is InChI=1S/C10H14FN3O/c1-7-4-5-9(14-13-7)12-8-3-2-6-15-10(8)11/h4-5,8,10H,2-3,6H2,1H3,(H,12,14). The van der Waals surface area contributed by atoms with Gasteiger partial charge in [0.25, 0.3) is 0 Å². The number of hydrogen-bond acceptors (Lipinski definition) is 4. The van der Waals surface area contributed by atoms with E-state index in [-0.39, 0.29) is 6.04 Å². The third-order valence-corrected chi connectivity index (χ3v) is 2.38. The summed E-state index contributed by atoms with van der Waals surface area (Å²) in [5.41, 5.74) is 0.845. The lowest BCUT2D eigenvalue weighted by atomic mass is 10.1. The molecule has 1 aliphatic heterocycles. The van der Waals surface area contributed by atoms with Gasteiger partial charge in [0.15, 0.2) is 0 Å². The van der Waals surface area contributed by atoms with Gasteiger partial charge in [0, 0.05) is 0 Å². The number of rotatable bonds is 2. The maximum Gasteiger partial charge on any atom is 0.219 e. The fourth-order valence-corrected chi connectivity index (χ4v) is 1.55. The van der Waals surface area contributed by atoms with Crippen molar-refractivity contribution in [2.75, 3.05) is 11.9 Å². The number of nitrogens with one attached hydrogen (secondary N) is 1. The van der Waals surface area contributed by atoms with Gasteiger partial charge in [-0.15, -0.1) is 5.10 Å². The zero-order chi connectivity index (χ0) is 10.7. The highest BCUT2D eigenvalue weighted by molar-refractivity contribution is 5.34. The first-order valence-electron chi connectivity index (χ1n) is 5.08. The molecule has 0 aromatic carbocycles. The summed E-state index contributed by atoms with van der Waals surface area (Å²) in [5, 5.41) is 10.8. The molecule has 0 saturated carbocycles. The molecule has 1 aromatic rings. The van der Waals surface area contributed by atoms with Crippen molar-refractivity contribution in [1.29, 1.82) is 0 Å². The number of hydrogen-bond donors (Lipinski definition) is 1. The van der Waals surface area contributed by atoms with Crippen LogP contribution in [0.4, 0.5) is 10.2 Å². The summed E-state index contributed by atoms with van der Waals surface area (Å²) < 4.78 is 18.2. The zero-order valence-electron chi connectivity index (χ0n) is 8.61. The summed E-state index contributed by atoms with van der Waals surface area (Å²) >= 11 is 0. The molecular formula is C10H14FN3O. The van der Waals surface area contributed by atoms with Gasteiger partial charge in [-0.1, -0.05) is 0 Å². The minimum atomic E-state index is -1.25. The Bertz CT molecular complexity index is 317. The van der Waals surface area contributed by atoms with E-state index in [9.17, 15) is 4.39 Å². The maximum atomic E-state index is 13.3. The molecule has 0 bridgehead atoms. The van der Waals surface area contributed by atoms with Gasteiger partial charge in [-0.05, 0) is 31.9 Å². The summed E-state index contributed by atoms with van der Waals surface area (Å²) in [6, 6.07) is 3.33. The molecule has 1 aliphatic rings. The molecular weight excluding hydrogens is 197 g/mol. The molecule has 1 saturated heterocycles. The Labute approximate surface area is 87.9 Å². The number of aromatic nitrogens is 2. The minimum absolute atomic E-state index is 0.309. The number of ether oxygens (including phenoxy) is 1. The second-order valence-electron chi connectivity index (χ2n) is 3.67. The van der Waals surface area contributed by atoms with Crippen LogP contribution in [-0.4, -0.2) is 29.2 Å². The van der Waals surface area contributed by atoms with E-state index in [1.165, 1.54) is 0 Å². The van der Waals surface area contributed by atoms with Crippen LogP contribution in [0.3, 0.4) is 0 Å². The summed E-state index contributed by atoms with van der Waals surface area (Å²) in [5.74, 6) is 0.596. The monoisotopic (exact) mass is 211 g/mol. The minimum Gasteiger partial charge on any atom is -0.360 e. The van der Waals surface area contributed by atoms with Gasteiger partial charge in [-0.2, -0.15) is 5.10 Å². The Morgan fingerprint density at radius 1 is 1.47 bits per heavy atom. The molecule has 2 atom stereocenters. The number of alkyl halides is 1. The van der Waals surface area contributed by atoms with Crippen LogP contribution in [0.1, 0.15) is 18.5 Å². The van der Waals surface area contributed by atoms with Gasteiger partial charge in [0.2, 0.25) is 6.36 Å². The van der Waals surface area contributed by atoms with E-state index in [4.69, 9.17) is 4.74 Å². The topological polar surface area (TPSA) is 47.0 Å². The van der Waals surface area contributed by atoms with Crippen LogP contribution in [0, 0.1) is 6.92 Å². The van der Waals surface area contributed by atoms with Crippen LogP contribution in [0.15, 0.2) is 12.1 Å². The highest BCUT2D eigenvalue weighted by atomic mass is 19.1. The third-order valence-electron chi connectivity index (χ3n) is 2.38. The highest BCUT2D eigenvalue weighted by Gasteiger charge is 2.25. The van der Waals surface area contributed by atoms with E-state index in [2.05, 4.69) is 15.5 Å². The Morgan fingerprint density at radius 2 is 2.33 bits per heavy atom. The van der Waals surface area contributed by atoms with E-state index in [1.807, 2.05) is 13.0 Å². The summed E-state index contributed by atoms with van der Waals surface area (Å²) in [6.45, 7) is 2.36. The highest BCUT2D eigenvalue weighted by Crippen LogP contribution is 2.18. The van der Waals surface area contributed by atoms with Crippen LogP contribution in [0.5, 0.6) is 0 Å². The number of halogens is 1. The fourth-order valence-electron chi connectivity index (χ4n) is 1.55. The smallest absolute Gasteiger partial charge is 0.219 e. The second kappa shape index (κ2) is 4.53. The van der Waals surface area contributed by atoms with E-state index >= 15 is 0 Å². The molecule has 2 heterocycles. The summed E-state index contributed by atoms with van der Waals surface area (Å²) in [7, 11) is 0. The van der Waals surface area contributed by atoms with E-state index in [0.29, 0.717) is 12.4 Å². The van der Waals surface area contributed by atoms with Crippen LogP contribution in [0.25, 0.3) is 0 Å². The first-order valence-corrected chi connectivity index (χ1v) is 5.08. The van der Waals surface area contributed by atoms with Crippen molar-refractivity contribution >= 4 is 5.82 Å². The van der Waals surface area contributed by atoms with Crippen molar-refractivity contribution in [2.24, 2.45) is 0 Å². The Balaban J connectivity index is 1.98. The molecule has 0 spiro atoms. The lowest BCUT2D eigenvalue weighted by molar-refractivity contribution is -0.0758. The normalized spacial score (nSPS) is 26.3. The molecule has 0 aliphatic carbocycles. The predicted octanol–water partition coefficient (Wildman–Crippen LogP) is 1.67. The van der Waals surface area contributed by atoms with Crippen molar-refractivity contribution in [3.63, 3.8) is 0 Å². The van der Waals surface area contributed by atoms with Crippen LogP contribution in [0.2, 0.25) is 0 Å². The Morgan fingerprint density at radius 3 is 3.00 bits per heavy atom. The quantitative estimate of drug-likeness (QED) is 0.808. The molecule has 15 heavy (non-hydrogen) atoms. The molecule has 4 nitrogen and oxygen atoms in total. The van der Waals surface area contributed by atoms with Gasteiger partial charge < -0.3 is 10.1 Å². The van der Waals surface area contributed by atoms with Crippen molar-refractivity contribution in [3.8, 4) is 0 Å². The molecule has 82 valence electrons. The summed E-state index contributed by atoms with van der Waals surface area (Å²) in [4.78, 5) is 0. The Hall–Kier alpha value is -1.23. The number of aryl methyl sites for hydroxylation is 1. The fraction of sp³-hybridized carbons (Fsp3) is 0.600. The average molecular weight is 211 g/mol. The molecule has 0 radical (unpaired) electrons. The zero-order valence-corrected chi connectivity index (χ0v) is 8.61. The van der Waals surface area contributed by atoms with Gasteiger partial charge in [-0.25, -0.2) is 4.39 Å². The number of nitrogens with zero attached hydrogens (tertiary/aromatic N) is 2. The molecule has 2 rings (SSSR count). The molecule has 2 unspecified atom stereocenters. The van der Waals surface area contributed by atoms with Crippen LogP contribution in [-0.2, 0) is 4.74 Å². The van der Waals surface area contributed by atoms with Crippen LogP contribution < -0.4 is 5.32 Å². The van der Waals surface area contributed by atoms with Gasteiger partial charge in [-0.3, -0.25) is 0 Å². The molecule has 1 aromatic heterocycles. The summed E-state index contributed by atoms with van der Waals surface area (Å²) in [6.07, 6.45) is 0.385. The predicted molar refractivity (Wildman–Crippen MR) is 54.3 cm³/mol. The van der Waals surface area contributed by atoms with Gasteiger partial charge in [0.1, 0.15) is 5.82 Å². The average Bonchev–Trinajstić information content (AvgIpc) is 2.25. The molecule has 0 amide bonds. The van der Waals surface area contributed by atoms with Gasteiger partial charge in [0.05, 0.1) is 18.3 Å². The maximum absolute atomic E-state index is 13.3. The molecule has 1 N–H and O–H groups in total. The first-order chi connectivity index (χ1) is 7.25.